The quantitative estimate of drug-likeness (QED) is 0.552. The third-order valence-corrected chi connectivity index (χ3v) is 1.86. The average Bonchev–Trinajstić information content (AvgIpc) is 2.09. The number of hydrogen-bond acceptors (Lipinski definition) is 4. The van der Waals surface area contributed by atoms with E-state index in [0.717, 1.165) is 0 Å². The highest BCUT2D eigenvalue weighted by Crippen LogP contribution is 2.04. The van der Waals surface area contributed by atoms with Crippen LogP contribution in [-0.4, -0.2) is 25.6 Å². The summed E-state index contributed by atoms with van der Waals surface area (Å²) in [6, 6.07) is -1.28. The fourth-order valence-corrected chi connectivity index (χ4v) is 1.19. The van der Waals surface area contributed by atoms with Gasteiger partial charge in [-0.15, -0.1) is 0 Å². The number of aromatic amines is 2. The molecular formula is C7H9N3O5. The van der Waals surface area contributed by atoms with Crippen molar-refractivity contribution in [3.8, 4) is 0 Å². The molecule has 8 heteroatoms. The van der Waals surface area contributed by atoms with Gasteiger partial charge in [0.1, 0.15) is 6.04 Å². The minimum Gasteiger partial charge on any atom is -0.480 e. The summed E-state index contributed by atoms with van der Waals surface area (Å²) in [7, 11) is 0. The van der Waals surface area contributed by atoms with Gasteiger partial charge in [-0.05, 0) is 6.42 Å². The van der Waals surface area contributed by atoms with Crippen molar-refractivity contribution in [2.75, 3.05) is 0 Å². The van der Waals surface area contributed by atoms with Gasteiger partial charge in [-0.3, -0.25) is 9.97 Å². The summed E-state index contributed by atoms with van der Waals surface area (Å²) in [6.07, 6.45) is 0.0599. The molecule has 1 aromatic rings. The standard InChI is InChI=1S/C7H9N3O5/c1-2-3(4(11)12)10-6(14)8-5(13)9-7(10)15/h3H,2H2,1H3,(H,11,12)(H2,8,9,13,14,15). The second-order valence-corrected chi connectivity index (χ2v) is 2.82. The van der Waals surface area contributed by atoms with Crippen molar-refractivity contribution in [1.82, 2.24) is 14.5 Å². The van der Waals surface area contributed by atoms with Crippen LogP contribution in [0.2, 0.25) is 0 Å². The van der Waals surface area contributed by atoms with E-state index in [4.69, 9.17) is 5.11 Å². The maximum Gasteiger partial charge on any atom is 0.334 e. The van der Waals surface area contributed by atoms with Crippen molar-refractivity contribution < 1.29 is 9.90 Å². The van der Waals surface area contributed by atoms with E-state index in [1.165, 1.54) is 6.92 Å². The first-order chi connectivity index (χ1) is 6.97. The van der Waals surface area contributed by atoms with Crippen LogP contribution in [0.3, 0.4) is 0 Å². The molecule has 0 bridgehead atoms. The Balaban J connectivity index is 3.50. The molecule has 82 valence electrons. The molecule has 1 rings (SSSR count). The molecule has 0 saturated carbocycles. The number of H-pyrrole nitrogens is 2. The van der Waals surface area contributed by atoms with E-state index in [1.807, 2.05) is 0 Å². The summed E-state index contributed by atoms with van der Waals surface area (Å²) < 4.78 is 0.462. The lowest BCUT2D eigenvalue weighted by Crippen LogP contribution is -2.46. The summed E-state index contributed by atoms with van der Waals surface area (Å²) in [5.41, 5.74) is -3.02. The highest BCUT2D eigenvalue weighted by molar-refractivity contribution is 5.71. The number of carboxylic acids is 1. The fraction of sp³-hybridized carbons (Fsp3) is 0.429. The zero-order chi connectivity index (χ0) is 11.6. The van der Waals surface area contributed by atoms with Gasteiger partial charge in [-0.25, -0.2) is 23.7 Å². The zero-order valence-electron chi connectivity index (χ0n) is 7.81. The molecule has 0 spiro atoms. The van der Waals surface area contributed by atoms with Gasteiger partial charge in [-0.1, -0.05) is 6.92 Å². The molecule has 1 heterocycles. The number of hydrogen-bond donors (Lipinski definition) is 3. The summed E-state index contributed by atoms with van der Waals surface area (Å²) in [5, 5.41) is 8.74. The second-order valence-electron chi connectivity index (χ2n) is 2.82. The first kappa shape index (κ1) is 11.0. The minimum absolute atomic E-state index is 0.0599. The van der Waals surface area contributed by atoms with Gasteiger partial charge in [-0.2, -0.15) is 0 Å². The van der Waals surface area contributed by atoms with E-state index >= 15 is 0 Å². The van der Waals surface area contributed by atoms with Crippen LogP contribution in [0.5, 0.6) is 0 Å². The number of aliphatic carboxylic acids is 1. The average molecular weight is 215 g/mol. The summed E-state index contributed by atoms with van der Waals surface area (Å²) >= 11 is 0. The van der Waals surface area contributed by atoms with Gasteiger partial charge in [0.15, 0.2) is 0 Å². The van der Waals surface area contributed by atoms with Crippen molar-refractivity contribution in [1.29, 1.82) is 0 Å². The molecule has 0 aliphatic carbocycles. The Hall–Kier alpha value is -2.12. The van der Waals surface area contributed by atoms with E-state index in [1.54, 1.807) is 9.97 Å². The Labute approximate surface area is 82.2 Å². The van der Waals surface area contributed by atoms with Crippen molar-refractivity contribution >= 4 is 5.97 Å². The highest BCUT2D eigenvalue weighted by Gasteiger charge is 2.21. The SMILES string of the molecule is CCC(C(=O)O)n1c(=O)[nH]c(=O)[nH]c1=O. The molecule has 1 aromatic heterocycles. The van der Waals surface area contributed by atoms with Crippen LogP contribution in [0.25, 0.3) is 0 Å². The van der Waals surface area contributed by atoms with Gasteiger partial charge in [0.2, 0.25) is 0 Å². The number of rotatable bonds is 3. The van der Waals surface area contributed by atoms with E-state index in [2.05, 4.69) is 0 Å². The summed E-state index contributed by atoms with van der Waals surface area (Å²) in [4.78, 5) is 47.3. The molecule has 0 aliphatic rings. The Kier molecular flexibility index (Phi) is 2.88. The van der Waals surface area contributed by atoms with E-state index in [-0.39, 0.29) is 6.42 Å². The van der Waals surface area contributed by atoms with Crippen LogP contribution >= 0.6 is 0 Å². The molecule has 1 atom stereocenters. The zero-order valence-corrected chi connectivity index (χ0v) is 7.81. The van der Waals surface area contributed by atoms with Gasteiger partial charge in [0.25, 0.3) is 0 Å². The lowest BCUT2D eigenvalue weighted by atomic mass is 10.2. The third kappa shape index (κ3) is 2.03. The highest BCUT2D eigenvalue weighted by atomic mass is 16.4. The lowest BCUT2D eigenvalue weighted by Gasteiger charge is -2.10. The smallest absolute Gasteiger partial charge is 0.334 e. The van der Waals surface area contributed by atoms with Crippen LogP contribution in [-0.2, 0) is 4.79 Å². The summed E-state index contributed by atoms with van der Waals surface area (Å²) in [6.45, 7) is 1.51. The lowest BCUT2D eigenvalue weighted by molar-refractivity contribution is -0.141. The van der Waals surface area contributed by atoms with Crippen molar-refractivity contribution in [2.45, 2.75) is 19.4 Å². The molecule has 0 saturated heterocycles. The van der Waals surface area contributed by atoms with Crippen LogP contribution in [0, 0.1) is 0 Å². The monoisotopic (exact) mass is 215 g/mol. The first-order valence-corrected chi connectivity index (χ1v) is 4.15. The van der Waals surface area contributed by atoms with Gasteiger partial charge >= 0.3 is 23.0 Å². The van der Waals surface area contributed by atoms with Crippen LogP contribution in [0.4, 0.5) is 0 Å². The Bertz CT molecular complexity index is 502. The Morgan fingerprint density at radius 1 is 1.33 bits per heavy atom. The number of nitrogens with zero attached hydrogens (tertiary/aromatic N) is 1. The van der Waals surface area contributed by atoms with Gasteiger partial charge in [0.05, 0.1) is 0 Å². The van der Waals surface area contributed by atoms with E-state index in [9.17, 15) is 19.2 Å². The van der Waals surface area contributed by atoms with Gasteiger partial charge < -0.3 is 5.11 Å². The Morgan fingerprint density at radius 3 is 2.13 bits per heavy atom. The fourth-order valence-electron chi connectivity index (χ4n) is 1.19. The van der Waals surface area contributed by atoms with Gasteiger partial charge in [0, 0.05) is 0 Å². The van der Waals surface area contributed by atoms with E-state index in [0.29, 0.717) is 4.57 Å². The van der Waals surface area contributed by atoms with Crippen molar-refractivity contribution in [2.24, 2.45) is 0 Å². The maximum absolute atomic E-state index is 11.2. The van der Waals surface area contributed by atoms with Crippen molar-refractivity contribution in [3.63, 3.8) is 0 Å². The molecular weight excluding hydrogens is 206 g/mol. The molecule has 0 aliphatic heterocycles. The predicted molar refractivity (Wildman–Crippen MR) is 48.9 cm³/mol. The molecule has 8 nitrogen and oxygen atoms in total. The molecule has 0 fully saturated rings. The maximum atomic E-state index is 11.2. The largest absolute Gasteiger partial charge is 0.480 e. The molecule has 1 unspecified atom stereocenters. The summed E-state index contributed by atoms with van der Waals surface area (Å²) in [5.74, 6) is -1.31. The topological polar surface area (TPSA) is 125 Å². The van der Waals surface area contributed by atoms with Crippen LogP contribution in [0.15, 0.2) is 14.4 Å². The second kappa shape index (κ2) is 3.95. The van der Waals surface area contributed by atoms with Crippen molar-refractivity contribution in [3.05, 3.63) is 31.5 Å². The number of aromatic nitrogens is 3. The normalized spacial score (nSPS) is 12.3. The molecule has 0 radical (unpaired) electrons. The molecule has 15 heavy (non-hydrogen) atoms. The number of carboxylic acid groups (broad SMARTS) is 1. The van der Waals surface area contributed by atoms with E-state index < -0.39 is 29.1 Å². The predicted octanol–water partition coefficient (Wildman–Crippen LogP) is -1.74. The number of carbonyl (C=O) groups is 1. The first-order valence-electron chi connectivity index (χ1n) is 4.15. The minimum atomic E-state index is -1.31. The van der Waals surface area contributed by atoms with Crippen LogP contribution < -0.4 is 17.1 Å². The Morgan fingerprint density at radius 2 is 1.80 bits per heavy atom. The molecule has 0 aromatic carbocycles. The van der Waals surface area contributed by atoms with Crippen LogP contribution in [0.1, 0.15) is 19.4 Å². The molecule has 3 N–H and O–H groups in total. The third-order valence-electron chi connectivity index (χ3n) is 1.86. The molecule has 0 amide bonds. The number of nitrogens with one attached hydrogen (secondary N) is 2.